The third-order valence-electron chi connectivity index (χ3n) is 1.81. The van der Waals surface area contributed by atoms with Gasteiger partial charge in [0.2, 0.25) is 0 Å². The second-order valence-corrected chi connectivity index (χ2v) is 4.29. The minimum absolute atomic E-state index is 0. The number of hydrogen-bond acceptors (Lipinski definition) is 5. The second kappa shape index (κ2) is 15.0. The van der Waals surface area contributed by atoms with Gasteiger partial charge in [-0.2, -0.15) is 0 Å². The van der Waals surface area contributed by atoms with E-state index in [4.69, 9.17) is 4.74 Å². The van der Waals surface area contributed by atoms with Crippen LogP contribution in [-0.2, 0) is 4.57 Å². The van der Waals surface area contributed by atoms with E-state index in [2.05, 4.69) is 11.4 Å². The number of halogens is 2. The zero-order valence-electron chi connectivity index (χ0n) is 11.1. The van der Waals surface area contributed by atoms with E-state index in [0.29, 0.717) is 12.4 Å². The number of phosphoric acid groups is 1. The molecule has 0 unspecified atom stereocenters. The predicted octanol–water partition coefficient (Wildman–Crippen LogP) is -5.68. The van der Waals surface area contributed by atoms with Crippen LogP contribution in [0.25, 0.3) is 0 Å². The fraction of sp³-hybridized carbons (Fsp3) is 0.400. The van der Waals surface area contributed by atoms with Crippen LogP contribution in [0.15, 0.2) is 24.3 Å². The molecule has 0 radical (unpaired) electrons. The summed E-state index contributed by atoms with van der Waals surface area (Å²) in [6.45, 7) is 2.67. The Bertz CT molecular complexity index is 374. The third-order valence-corrected chi connectivity index (χ3v) is 2.24. The number of hydrogen-bond donors (Lipinski definition) is 0. The molecule has 20 heavy (non-hydrogen) atoms. The van der Waals surface area contributed by atoms with Crippen molar-refractivity contribution in [2.45, 2.75) is 19.8 Å². The first-order valence-corrected chi connectivity index (χ1v) is 6.42. The summed E-state index contributed by atoms with van der Waals surface area (Å²) < 4.78 is 19.8. The van der Waals surface area contributed by atoms with Gasteiger partial charge in [0.1, 0.15) is 19.3 Å². The summed E-state index contributed by atoms with van der Waals surface area (Å²) in [6.07, 6.45) is 1.99. The van der Waals surface area contributed by atoms with E-state index >= 15 is 0 Å². The topological polar surface area (TPSA) is 81.7 Å². The summed E-state index contributed by atoms with van der Waals surface area (Å²) in [7, 11) is -4.97. The molecule has 0 N–H and O–H groups in total. The molecule has 0 aliphatic carbocycles. The smallest absolute Gasteiger partial charge is 1.00 e. The van der Waals surface area contributed by atoms with Gasteiger partial charge in [-0.1, -0.05) is 13.3 Å². The largest absolute Gasteiger partial charge is 2.00 e. The molecular formula is C10H13Cl2Mg2O5P. The Morgan fingerprint density at radius 3 is 1.90 bits per heavy atom. The van der Waals surface area contributed by atoms with Crippen molar-refractivity contribution >= 4 is 53.9 Å². The van der Waals surface area contributed by atoms with Crippen molar-refractivity contribution in [3.05, 3.63) is 24.3 Å². The van der Waals surface area contributed by atoms with E-state index in [-0.39, 0.29) is 76.7 Å². The summed E-state index contributed by atoms with van der Waals surface area (Å²) in [6, 6.07) is 5.87. The molecule has 0 heterocycles. The first-order chi connectivity index (χ1) is 7.51. The maximum absolute atomic E-state index is 10.3. The van der Waals surface area contributed by atoms with E-state index in [1.165, 1.54) is 12.1 Å². The van der Waals surface area contributed by atoms with Crippen molar-refractivity contribution in [1.82, 2.24) is 0 Å². The number of rotatable bonds is 6. The molecule has 1 rings (SSSR count). The molecule has 0 spiro atoms. The summed E-state index contributed by atoms with van der Waals surface area (Å²) in [5.41, 5.74) is 0. The molecule has 0 fully saturated rings. The SMILES string of the molecule is CCCCOc1ccc(OP(=O)([O-])[O-])cc1.[Cl-].[Cl-].[Mg+2].[Mg+2]. The van der Waals surface area contributed by atoms with Crippen LogP contribution in [0.2, 0.25) is 0 Å². The molecule has 0 bridgehead atoms. The van der Waals surface area contributed by atoms with Gasteiger partial charge in [0.25, 0.3) is 0 Å². The zero-order valence-corrected chi connectivity index (χ0v) is 16.3. The maximum atomic E-state index is 10.3. The van der Waals surface area contributed by atoms with E-state index in [1.54, 1.807) is 12.1 Å². The van der Waals surface area contributed by atoms with Gasteiger partial charge in [0.05, 0.1) is 6.61 Å². The van der Waals surface area contributed by atoms with Crippen molar-refractivity contribution in [3.8, 4) is 11.5 Å². The van der Waals surface area contributed by atoms with Gasteiger partial charge >= 0.3 is 46.1 Å². The molecule has 1 aromatic carbocycles. The van der Waals surface area contributed by atoms with Crippen molar-refractivity contribution in [2.75, 3.05) is 6.61 Å². The van der Waals surface area contributed by atoms with Crippen LogP contribution in [0.1, 0.15) is 19.8 Å². The quantitative estimate of drug-likeness (QED) is 0.286. The average molecular weight is 364 g/mol. The minimum Gasteiger partial charge on any atom is -1.00 e. The minimum atomic E-state index is -4.97. The summed E-state index contributed by atoms with van der Waals surface area (Å²) in [4.78, 5) is 20.6. The number of benzene rings is 1. The Labute approximate surface area is 163 Å². The number of phosphoric ester groups is 1. The van der Waals surface area contributed by atoms with Gasteiger partial charge in [-0.25, -0.2) is 0 Å². The molecule has 0 amide bonds. The van der Waals surface area contributed by atoms with Crippen LogP contribution in [0.5, 0.6) is 11.5 Å². The van der Waals surface area contributed by atoms with Gasteiger partial charge < -0.3 is 48.4 Å². The first-order valence-electron chi connectivity index (χ1n) is 4.96. The van der Waals surface area contributed by atoms with E-state index in [1.807, 2.05) is 0 Å². The monoisotopic (exact) mass is 362 g/mol. The standard InChI is InChI=1S/C10H15O5P.2ClH.2Mg/c1-2-3-8-14-9-4-6-10(7-5-9)15-16(11,12)13;;;;/h4-7H,2-3,8H2,1H3,(H2,11,12,13);2*1H;;/q;;;2*+2/p-4. The van der Waals surface area contributed by atoms with Gasteiger partial charge in [0.15, 0.2) is 0 Å². The van der Waals surface area contributed by atoms with Crippen molar-refractivity contribution < 1.29 is 48.4 Å². The Balaban J connectivity index is -0.000000320. The van der Waals surface area contributed by atoms with Gasteiger partial charge in [-0.3, -0.25) is 0 Å². The summed E-state index contributed by atoms with van der Waals surface area (Å²) >= 11 is 0. The van der Waals surface area contributed by atoms with Crippen LogP contribution < -0.4 is 43.9 Å². The summed E-state index contributed by atoms with van der Waals surface area (Å²) in [5.74, 6) is 0.614. The molecule has 10 heteroatoms. The fourth-order valence-corrected chi connectivity index (χ4v) is 1.44. The van der Waals surface area contributed by atoms with Crippen LogP contribution in [0.3, 0.4) is 0 Å². The number of ether oxygens (including phenoxy) is 1. The van der Waals surface area contributed by atoms with Crippen LogP contribution in [-0.4, -0.2) is 52.7 Å². The fourth-order valence-electron chi connectivity index (χ4n) is 1.06. The average Bonchev–Trinajstić information content (AvgIpc) is 2.19. The molecule has 0 aromatic heterocycles. The number of unbranched alkanes of at least 4 members (excludes halogenated alkanes) is 1. The Morgan fingerprint density at radius 1 is 1.05 bits per heavy atom. The van der Waals surface area contributed by atoms with Crippen molar-refractivity contribution in [1.29, 1.82) is 0 Å². The third kappa shape index (κ3) is 14.0. The van der Waals surface area contributed by atoms with E-state index in [0.717, 1.165) is 12.8 Å². The molecule has 0 saturated heterocycles. The Kier molecular flexibility index (Phi) is 21.8. The Hall–Kier alpha value is 1.08. The normalized spacial score (nSPS) is 8.95. The molecule has 1 aromatic rings. The van der Waals surface area contributed by atoms with Crippen molar-refractivity contribution in [3.63, 3.8) is 0 Å². The van der Waals surface area contributed by atoms with Crippen LogP contribution in [0, 0.1) is 0 Å². The predicted molar refractivity (Wildman–Crippen MR) is 66.6 cm³/mol. The first kappa shape index (κ1) is 29.1. The molecule has 106 valence electrons. The second-order valence-electron chi connectivity index (χ2n) is 3.21. The molecule has 5 nitrogen and oxygen atoms in total. The summed E-state index contributed by atoms with van der Waals surface area (Å²) in [5, 5.41) is 0. The Morgan fingerprint density at radius 2 is 1.50 bits per heavy atom. The molecule has 0 saturated carbocycles. The van der Waals surface area contributed by atoms with Crippen LogP contribution in [0.4, 0.5) is 0 Å². The van der Waals surface area contributed by atoms with Gasteiger partial charge in [-0.05, 0) is 30.7 Å². The van der Waals surface area contributed by atoms with Crippen LogP contribution >= 0.6 is 7.82 Å². The van der Waals surface area contributed by atoms with Gasteiger partial charge in [0, 0.05) is 0 Å². The zero-order chi connectivity index (χ0) is 12.0. The molecule has 0 atom stereocenters. The molecule has 0 aliphatic rings. The molecular weight excluding hydrogens is 351 g/mol. The van der Waals surface area contributed by atoms with E-state index < -0.39 is 7.82 Å². The van der Waals surface area contributed by atoms with Gasteiger partial charge in [-0.15, -0.1) is 0 Å². The van der Waals surface area contributed by atoms with Crippen molar-refractivity contribution in [2.24, 2.45) is 0 Å². The maximum Gasteiger partial charge on any atom is 2.00 e. The molecule has 0 aliphatic heterocycles. The van der Waals surface area contributed by atoms with E-state index in [9.17, 15) is 14.4 Å².